The minimum atomic E-state index is 0.234. The van der Waals surface area contributed by atoms with Gasteiger partial charge < -0.3 is 5.32 Å². The fourth-order valence-corrected chi connectivity index (χ4v) is 4.35. The van der Waals surface area contributed by atoms with Crippen LogP contribution >= 0.6 is 11.3 Å². The van der Waals surface area contributed by atoms with Crippen LogP contribution < -0.4 is 5.32 Å². The molecule has 2 rings (SSSR count). The maximum atomic E-state index is 3.72. The van der Waals surface area contributed by atoms with Gasteiger partial charge in [-0.1, -0.05) is 13.3 Å². The first kappa shape index (κ1) is 15.1. The van der Waals surface area contributed by atoms with Gasteiger partial charge in [0, 0.05) is 10.4 Å². The molecule has 0 aromatic carbocycles. The molecule has 1 nitrogen and oxygen atoms in total. The van der Waals surface area contributed by atoms with Crippen molar-refractivity contribution in [3.63, 3.8) is 0 Å². The minimum absolute atomic E-state index is 0.234. The zero-order chi connectivity index (χ0) is 14.0. The molecule has 108 valence electrons. The molecule has 2 heteroatoms. The van der Waals surface area contributed by atoms with Crippen molar-refractivity contribution in [2.75, 3.05) is 6.54 Å². The van der Waals surface area contributed by atoms with Gasteiger partial charge in [-0.25, -0.2) is 0 Å². The van der Waals surface area contributed by atoms with Crippen LogP contribution in [0.15, 0.2) is 11.4 Å². The molecule has 1 aromatic heterocycles. The van der Waals surface area contributed by atoms with E-state index in [9.17, 15) is 0 Å². The molecule has 0 radical (unpaired) electrons. The van der Waals surface area contributed by atoms with E-state index in [0.717, 1.165) is 24.3 Å². The first-order valence-corrected chi connectivity index (χ1v) is 8.54. The van der Waals surface area contributed by atoms with E-state index in [1.54, 1.807) is 4.88 Å². The SMILES string of the molecule is Cc1ccsc1C1CC(C)CCC1CNC(C)(C)C. The Morgan fingerprint density at radius 1 is 1.32 bits per heavy atom. The molecule has 0 amide bonds. The largest absolute Gasteiger partial charge is 0.312 e. The fraction of sp³-hybridized carbons (Fsp3) is 0.765. The zero-order valence-corrected chi connectivity index (χ0v) is 13.9. The lowest BCUT2D eigenvalue weighted by Gasteiger charge is -2.37. The van der Waals surface area contributed by atoms with E-state index in [0.29, 0.717) is 0 Å². The van der Waals surface area contributed by atoms with Crippen molar-refractivity contribution in [2.24, 2.45) is 11.8 Å². The standard InChI is InChI=1S/C17H29NS/c1-12-6-7-14(11-18-17(3,4)5)15(10-12)16-13(2)8-9-19-16/h8-9,12,14-15,18H,6-7,10-11H2,1-5H3. The second-order valence-electron chi connectivity index (χ2n) is 7.38. The summed E-state index contributed by atoms with van der Waals surface area (Å²) in [5.74, 6) is 2.48. The van der Waals surface area contributed by atoms with Crippen molar-refractivity contribution in [3.8, 4) is 0 Å². The third-order valence-electron chi connectivity index (χ3n) is 4.39. The highest BCUT2D eigenvalue weighted by Crippen LogP contribution is 2.43. The highest BCUT2D eigenvalue weighted by molar-refractivity contribution is 7.10. The Balaban J connectivity index is 2.09. The maximum Gasteiger partial charge on any atom is 0.0109 e. The Morgan fingerprint density at radius 3 is 2.63 bits per heavy atom. The third kappa shape index (κ3) is 4.06. The van der Waals surface area contributed by atoms with E-state index in [1.807, 2.05) is 11.3 Å². The molecule has 0 spiro atoms. The van der Waals surface area contributed by atoms with Crippen LogP contribution in [0.25, 0.3) is 0 Å². The summed E-state index contributed by atoms with van der Waals surface area (Å²) in [7, 11) is 0. The summed E-state index contributed by atoms with van der Waals surface area (Å²) in [6, 6.07) is 2.29. The molecule has 0 aliphatic heterocycles. The second kappa shape index (κ2) is 5.97. The first-order chi connectivity index (χ1) is 8.87. The summed E-state index contributed by atoms with van der Waals surface area (Å²) in [4.78, 5) is 1.65. The topological polar surface area (TPSA) is 12.0 Å². The number of rotatable bonds is 3. The fourth-order valence-electron chi connectivity index (χ4n) is 3.21. The van der Waals surface area contributed by atoms with Crippen LogP contribution in [0.5, 0.6) is 0 Å². The van der Waals surface area contributed by atoms with Gasteiger partial charge in [-0.3, -0.25) is 0 Å². The summed E-state index contributed by atoms with van der Waals surface area (Å²) in [5.41, 5.74) is 1.74. The highest BCUT2D eigenvalue weighted by atomic mass is 32.1. The van der Waals surface area contributed by atoms with Crippen molar-refractivity contribution in [3.05, 3.63) is 21.9 Å². The van der Waals surface area contributed by atoms with E-state index in [1.165, 1.54) is 24.8 Å². The second-order valence-corrected chi connectivity index (χ2v) is 8.33. The van der Waals surface area contributed by atoms with E-state index in [4.69, 9.17) is 0 Å². The van der Waals surface area contributed by atoms with Gasteiger partial charge in [0.2, 0.25) is 0 Å². The molecule has 1 aliphatic rings. The van der Waals surface area contributed by atoms with Gasteiger partial charge in [-0.05, 0) is 81.8 Å². The average molecular weight is 279 g/mol. The number of nitrogens with one attached hydrogen (secondary N) is 1. The van der Waals surface area contributed by atoms with E-state index in [-0.39, 0.29) is 5.54 Å². The molecule has 1 aliphatic carbocycles. The van der Waals surface area contributed by atoms with Crippen LogP contribution in [0.1, 0.15) is 63.3 Å². The maximum absolute atomic E-state index is 3.72. The van der Waals surface area contributed by atoms with Crippen molar-refractivity contribution in [1.29, 1.82) is 0 Å². The van der Waals surface area contributed by atoms with Crippen molar-refractivity contribution in [2.45, 2.75) is 65.3 Å². The van der Waals surface area contributed by atoms with Gasteiger partial charge in [-0.15, -0.1) is 11.3 Å². The number of thiophene rings is 1. The predicted octanol–water partition coefficient (Wildman–Crippen LogP) is 4.96. The van der Waals surface area contributed by atoms with Gasteiger partial charge in [0.05, 0.1) is 0 Å². The molecule has 1 N–H and O–H groups in total. The van der Waals surface area contributed by atoms with Crippen molar-refractivity contribution >= 4 is 11.3 Å². The Labute approximate surface area is 122 Å². The minimum Gasteiger partial charge on any atom is -0.312 e. The Morgan fingerprint density at radius 2 is 2.05 bits per heavy atom. The van der Waals surface area contributed by atoms with Gasteiger partial charge in [0.1, 0.15) is 0 Å². The number of hydrogen-bond donors (Lipinski definition) is 1. The summed E-state index contributed by atoms with van der Waals surface area (Å²) in [5, 5.41) is 5.98. The van der Waals surface area contributed by atoms with E-state index >= 15 is 0 Å². The monoisotopic (exact) mass is 279 g/mol. The quantitative estimate of drug-likeness (QED) is 0.824. The molecule has 1 aromatic rings. The van der Waals surface area contributed by atoms with Crippen LogP contribution in [0, 0.1) is 18.8 Å². The van der Waals surface area contributed by atoms with Crippen molar-refractivity contribution < 1.29 is 0 Å². The zero-order valence-electron chi connectivity index (χ0n) is 13.1. The molecule has 1 heterocycles. The normalized spacial score (nSPS) is 28.6. The molecule has 1 fully saturated rings. The van der Waals surface area contributed by atoms with Crippen LogP contribution in [-0.4, -0.2) is 12.1 Å². The Bertz CT molecular complexity index is 402. The van der Waals surface area contributed by atoms with Crippen LogP contribution in [-0.2, 0) is 0 Å². The third-order valence-corrected chi connectivity index (χ3v) is 5.54. The Kier molecular flexibility index (Phi) is 4.73. The summed E-state index contributed by atoms with van der Waals surface area (Å²) in [6.07, 6.45) is 4.15. The first-order valence-electron chi connectivity index (χ1n) is 7.66. The predicted molar refractivity (Wildman–Crippen MR) is 86.1 cm³/mol. The van der Waals surface area contributed by atoms with Gasteiger partial charge >= 0.3 is 0 Å². The van der Waals surface area contributed by atoms with Gasteiger partial charge in [0.25, 0.3) is 0 Å². The van der Waals surface area contributed by atoms with Crippen LogP contribution in [0.3, 0.4) is 0 Å². The average Bonchev–Trinajstić information content (AvgIpc) is 2.72. The van der Waals surface area contributed by atoms with E-state index in [2.05, 4.69) is 51.4 Å². The van der Waals surface area contributed by atoms with Crippen LogP contribution in [0.2, 0.25) is 0 Å². The molecule has 19 heavy (non-hydrogen) atoms. The lowest BCUT2D eigenvalue weighted by molar-refractivity contribution is 0.229. The Hall–Kier alpha value is -0.340. The summed E-state index contributed by atoms with van der Waals surface area (Å²) < 4.78 is 0. The van der Waals surface area contributed by atoms with Gasteiger partial charge in [-0.2, -0.15) is 0 Å². The molecular weight excluding hydrogens is 250 g/mol. The molecule has 0 saturated heterocycles. The number of aryl methyl sites for hydroxylation is 1. The van der Waals surface area contributed by atoms with E-state index < -0.39 is 0 Å². The van der Waals surface area contributed by atoms with Crippen molar-refractivity contribution in [1.82, 2.24) is 5.32 Å². The smallest absolute Gasteiger partial charge is 0.0109 e. The summed E-state index contributed by atoms with van der Waals surface area (Å²) >= 11 is 1.97. The molecule has 3 unspecified atom stereocenters. The molecule has 0 bridgehead atoms. The van der Waals surface area contributed by atoms with Gasteiger partial charge in [0.15, 0.2) is 0 Å². The summed E-state index contributed by atoms with van der Waals surface area (Å²) in [6.45, 7) is 12.7. The van der Waals surface area contributed by atoms with Crippen LogP contribution in [0.4, 0.5) is 0 Å². The molecule has 3 atom stereocenters. The highest BCUT2D eigenvalue weighted by Gasteiger charge is 2.31. The lowest BCUT2D eigenvalue weighted by atomic mass is 9.73. The lowest BCUT2D eigenvalue weighted by Crippen LogP contribution is -2.41. The molecule has 1 saturated carbocycles. The molecular formula is C17H29NS. The number of hydrogen-bond acceptors (Lipinski definition) is 2.